The summed E-state index contributed by atoms with van der Waals surface area (Å²) in [4.78, 5) is 23.5. The van der Waals surface area contributed by atoms with E-state index in [4.69, 9.17) is 0 Å². The van der Waals surface area contributed by atoms with Gasteiger partial charge in [-0.3, -0.25) is 14.9 Å². The summed E-state index contributed by atoms with van der Waals surface area (Å²) in [6, 6.07) is 6.34. The van der Waals surface area contributed by atoms with Crippen LogP contribution in [0.15, 0.2) is 24.3 Å². The van der Waals surface area contributed by atoms with Crippen LogP contribution in [0.5, 0.6) is 0 Å². The topological polar surface area (TPSA) is 46.2 Å². The van der Waals surface area contributed by atoms with Crippen molar-refractivity contribution in [1.82, 2.24) is 5.32 Å². The highest BCUT2D eigenvalue weighted by molar-refractivity contribution is 5.99. The summed E-state index contributed by atoms with van der Waals surface area (Å²) >= 11 is 0. The smallest absolute Gasteiger partial charge is 0.230 e. The zero-order valence-electron chi connectivity index (χ0n) is 11.2. The molecule has 3 nitrogen and oxygen atoms in total. The molecule has 1 aliphatic heterocycles. The van der Waals surface area contributed by atoms with E-state index in [1.807, 2.05) is 19.9 Å². The quantitative estimate of drug-likeness (QED) is 0.851. The third-order valence-corrected chi connectivity index (χ3v) is 3.89. The van der Waals surface area contributed by atoms with Crippen molar-refractivity contribution in [2.45, 2.75) is 33.1 Å². The van der Waals surface area contributed by atoms with E-state index in [0.29, 0.717) is 19.3 Å². The van der Waals surface area contributed by atoms with E-state index in [1.54, 1.807) is 6.07 Å². The Morgan fingerprint density at radius 1 is 1.42 bits per heavy atom. The molecule has 1 aromatic rings. The van der Waals surface area contributed by atoms with E-state index in [-0.39, 0.29) is 23.5 Å². The molecule has 19 heavy (non-hydrogen) atoms. The molecule has 0 radical (unpaired) electrons. The minimum Gasteiger partial charge on any atom is -0.296 e. The Labute approximate surface area is 112 Å². The fraction of sp³-hybridized carbons (Fsp3) is 0.467. The number of nitrogens with one attached hydrogen (secondary N) is 1. The number of carbonyl (C=O) groups excluding carboxylic acids is 2. The van der Waals surface area contributed by atoms with Crippen molar-refractivity contribution in [2.75, 3.05) is 0 Å². The highest BCUT2D eigenvalue weighted by Crippen LogP contribution is 2.39. The third-order valence-electron chi connectivity index (χ3n) is 3.89. The summed E-state index contributed by atoms with van der Waals surface area (Å²) in [5, 5.41) is 2.38. The first-order chi connectivity index (χ1) is 8.94. The van der Waals surface area contributed by atoms with Crippen molar-refractivity contribution in [1.29, 1.82) is 0 Å². The molecule has 1 fully saturated rings. The van der Waals surface area contributed by atoms with Gasteiger partial charge in [0.15, 0.2) is 0 Å². The Hall–Kier alpha value is -1.71. The predicted octanol–water partition coefficient (Wildman–Crippen LogP) is 2.45. The Balaban J connectivity index is 2.28. The van der Waals surface area contributed by atoms with Crippen LogP contribution >= 0.6 is 0 Å². The fourth-order valence-corrected chi connectivity index (χ4v) is 3.05. The number of amides is 2. The number of hydrogen-bond acceptors (Lipinski definition) is 2. The van der Waals surface area contributed by atoms with E-state index >= 15 is 0 Å². The standard InChI is InChI=1S/C15H18FNO2/c1-3-12-14(19)17-13(18)9-15(12,2)8-10-5-4-6-11(16)7-10/h4-7,12H,3,8-9H2,1-2H3,(H,17,18,19). The highest BCUT2D eigenvalue weighted by Gasteiger charge is 2.44. The zero-order chi connectivity index (χ0) is 14.0. The maximum Gasteiger partial charge on any atom is 0.230 e. The van der Waals surface area contributed by atoms with Gasteiger partial charge in [0.05, 0.1) is 0 Å². The Morgan fingerprint density at radius 2 is 2.16 bits per heavy atom. The SMILES string of the molecule is CCC1C(=O)NC(=O)CC1(C)Cc1cccc(F)c1. The van der Waals surface area contributed by atoms with Crippen molar-refractivity contribution in [3.05, 3.63) is 35.6 Å². The molecule has 1 N–H and O–H groups in total. The number of benzene rings is 1. The molecule has 1 aromatic carbocycles. The predicted molar refractivity (Wildman–Crippen MR) is 69.8 cm³/mol. The number of hydrogen-bond donors (Lipinski definition) is 1. The molecule has 1 heterocycles. The van der Waals surface area contributed by atoms with E-state index in [9.17, 15) is 14.0 Å². The number of halogens is 1. The monoisotopic (exact) mass is 263 g/mol. The molecule has 2 amide bonds. The lowest BCUT2D eigenvalue weighted by atomic mass is 9.67. The molecular weight excluding hydrogens is 245 g/mol. The zero-order valence-corrected chi connectivity index (χ0v) is 11.2. The van der Waals surface area contributed by atoms with Crippen LogP contribution in [-0.4, -0.2) is 11.8 Å². The van der Waals surface area contributed by atoms with Gasteiger partial charge < -0.3 is 0 Å². The molecule has 4 heteroatoms. The van der Waals surface area contributed by atoms with Gasteiger partial charge in [0, 0.05) is 12.3 Å². The number of imide groups is 1. The second-order valence-corrected chi connectivity index (χ2v) is 5.51. The lowest BCUT2D eigenvalue weighted by Gasteiger charge is -2.39. The average Bonchev–Trinajstić information content (AvgIpc) is 2.27. The molecule has 0 aliphatic carbocycles. The molecule has 0 spiro atoms. The van der Waals surface area contributed by atoms with Crippen molar-refractivity contribution in [3.63, 3.8) is 0 Å². The second-order valence-electron chi connectivity index (χ2n) is 5.51. The van der Waals surface area contributed by atoms with Gasteiger partial charge >= 0.3 is 0 Å². The number of piperidine rings is 1. The first-order valence-corrected chi connectivity index (χ1v) is 6.53. The summed E-state index contributed by atoms with van der Waals surface area (Å²) in [5.41, 5.74) is 0.380. The van der Waals surface area contributed by atoms with Gasteiger partial charge in [-0.25, -0.2) is 4.39 Å². The van der Waals surface area contributed by atoms with Crippen molar-refractivity contribution < 1.29 is 14.0 Å². The van der Waals surface area contributed by atoms with Crippen molar-refractivity contribution in [2.24, 2.45) is 11.3 Å². The van der Waals surface area contributed by atoms with E-state index in [2.05, 4.69) is 5.32 Å². The van der Waals surface area contributed by atoms with E-state index in [1.165, 1.54) is 12.1 Å². The van der Waals surface area contributed by atoms with Gasteiger partial charge in [-0.2, -0.15) is 0 Å². The van der Waals surface area contributed by atoms with Crippen LogP contribution in [0.25, 0.3) is 0 Å². The fourth-order valence-electron chi connectivity index (χ4n) is 3.05. The Morgan fingerprint density at radius 3 is 2.79 bits per heavy atom. The largest absolute Gasteiger partial charge is 0.296 e. The molecule has 0 bridgehead atoms. The maximum absolute atomic E-state index is 13.2. The van der Waals surface area contributed by atoms with Crippen LogP contribution in [0.1, 0.15) is 32.3 Å². The minimum atomic E-state index is -0.442. The molecule has 2 atom stereocenters. The molecule has 2 rings (SSSR count). The van der Waals surface area contributed by atoms with Gasteiger partial charge in [0.25, 0.3) is 0 Å². The second kappa shape index (κ2) is 5.11. The minimum absolute atomic E-state index is 0.211. The summed E-state index contributed by atoms with van der Waals surface area (Å²) in [6.07, 6.45) is 1.50. The summed E-state index contributed by atoms with van der Waals surface area (Å²) < 4.78 is 13.2. The molecule has 0 aromatic heterocycles. The normalized spacial score (nSPS) is 27.2. The van der Waals surface area contributed by atoms with Crippen LogP contribution in [0.3, 0.4) is 0 Å². The number of rotatable bonds is 3. The van der Waals surface area contributed by atoms with Gasteiger partial charge in [-0.15, -0.1) is 0 Å². The first-order valence-electron chi connectivity index (χ1n) is 6.53. The van der Waals surface area contributed by atoms with Crippen LogP contribution < -0.4 is 5.32 Å². The molecule has 1 aliphatic rings. The third kappa shape index (κ3) is 2.83. The van der Waals surface area contributed by atoms with Gasteiger partial charge in [-0.05, 0) is 36.0 Å². The Kier molecular flexibility index (Phi) is 3.69. The van der Waals surface area contributed by atoms with E-state index < -0.39 is 5.41 Å². The summed E-state index contributed by atoms with van der Waals surface area (Å²) in [6.45, 7) is 3.87. The molecule has 1 saturated heterocycles. The van der Waals surface area contributed by atoms with Crippen LogP contribution in [0, 0.1) is 17.2 Å². The van der Waals surface area contributed by atoms with Crippen LogP contribution in [0.2, 0.25) is 0 Å². The first kappa shape index (κ1) is 13.7. The molecule has 102 valence electrons. The van der Waals surface area contributed by atoms with Crippen molar-refractivity contribution >= 4 is 11.8 Å². The Bertz CT molecular complexity index is 515. The lowest BCUT2D eigenvalue weighted by molar-refractivity contribution is -0.143. The van der Waals surface area contributed by atoms with Crippen LogP contribution in [-0.2, 0) is 16.0 Å². The molecular formula is C15H18FNO2. The van der Waals surface area contributed by atoms with Gasteiger partial charge in [0.2, 0.25) is 11.8 Å². The lowest BCUT2D eigenvalue weighted by Crippen LogP contribution is -2.51. The summed E-state index contributed by atoms with van der Waals surface area (Å²) in [7, 11) is 0. The molecule has 0 saturated carbocycles. The molecule has 2 unspecified atom stereocenters. The van der Waals surface area contributed by atoms with Gasteiger partial charge in [-0.1, -0.05) is 26.0 Å². The maximum atomic E-state index is 13.2. The highest BCUT2D eigenvalue weighted by atomic mass is 19.1. The van der Waals surface area contributed by atoms with Gasteiger partial charge in [0.1, 0.15) is 5.82 Å². The van der Waals surface area contributed by atoms with Crippen LogP contribution in [0.4, 0.5) is 4.39 Å². The number of carbonyl (C=O) groups is 2. The average molecular weight is 263 g/mol. The van der Waals surface area contributed by atoms with E-state index in [0.717, 1.165) is 5.56 Å². The summed E-state index contributed by atoms with van der Waals surface area (Å²) in [5.74, 6) is -0.958. The van der Waals surface area contributed by atoms with Crippen molar-refractivity contribution in [3.8, 4) is 0 Å².